The number of nitrogens with zero attached hydrogens (tertiary/aromatic N) is 3. The van der Waals surface area contributed by atoms with Gasteiger partial charge in [-0.25, -0.2) is 0 Å². The van der Waals surface area contributed by atoms with Crippen LogP contribution in [0.15, 0.2) is 30.5 Å². The number of nitrogens with one attached hydrogen (secondary N) is 1. The van der Waals surface area contributed by atoms with Gasteiger partial charge in [-0.3, -0.25) is 4.68 Å². The van der Waals surface area contributed by atoms with Crippen LogP contribution < -0.4 is 5.32 Å². The van der Waals surface area contributed by atoms with Crippen LogP contribution >= 0.6 is 0 Å². The molecule has 4 heteroatoms. The summed E-state index contributed by atoms with van der Waals surface area (Å²) in [7, 11) is 1.91. The first kappa shape index (κ1) is 14.3. The minimum absolute atomic E-state index is 0.0572. The van der Waals surface area contributed by atoms with Gasteiger partial charge in [-0.1, -0.05) is 12.1 Å². The van der Waals surface area contributed by atoms with E-state index < -0.39 is 0 Å². The largest absolute Gasteiger partial charge is 0.308 e. The Kier molecular flexibility index (Phi) is 3.91. The van der Waals surface area contributed by atoms with E-state index in [0.29, 0.717) is 5.56 Å². The molecule has 0 saturated carbocycles. The van der Waals surface area contributed by atoms with Crippen molar-refractivity contribution >= 4 is 0 Å². The molecular weight excluding hydrogens is 248 g/mol. The van der Waals surface area contributed by atoms with Gasteiger partial charge in [0.1, 0.15) is 0 Å². The Balaban J connectivity index is 2.34. The van der Waals surface area contributed by atoms with Crippen LogP contribution in [-0.2, 0) is 13.6 Å². The summed E-state index contributed by atoms with van der Waals surface area (Å²) in [5.41, 5.74) is 3.76. The molecule has 104 valence electrons. The molecule has 0 bridgehead atoms. The summed E-state index contributed by atoms with van der Waals surface area (Å²) < 4.78 is 1.81. The third kappa shape index (κ3) is 3.46. The van der Waals surface area contributed by atoms with Crippen molar-refractivity contribution in [2.45, 2.75) is 32.9 Å². The normalized spacial score (nSPS) is 11.3. The molecule has 0 aliphatic rings. The fourth-order valence-electron chi connectivity index (χ4n) is 2.01. The van der Waals surface area contributed by atoms with Crippen molar-refractivity contribution < 1.29 is 0 Å². The van der Waals surface area contributed by atoms with E-state index in [1.54, 1.807) is 6.07 Å². The first-order chi connectivity index (χ1) is 9.39. The first-order valence-corrected chi connectivity index (χ1v) is 6.67. The van der Waals surface area contributed by atoms with E-state index in [9.17, 15) is 0 Å². The highest BCUT2D eigenvalue weighted by Crippen LogP contribution is 2.23. The topological polar surface area (TPSA) is 53.6 Å². The number of nitriles is 1. The van der Waals surface area contributed by atoms with Crippen LogP contribution in [0.25, 0.3) is 11.3 Å². The Morgan fingerprint density at radius 2 is 2.10 bits per heavy atom. The standard InChI is InChI=1S/C16H20N4/c1-16(2,3)18-10-14-11-20(4)19-15(14)13-7-5-6-12(8-13)9-17/h5-8,11,18H,10H2,1-4H3. The minimum atomic E-state index is 0.0572. The Labute approximate surface area is 120 Å². The average Bonchev–Trinajstić information content (AvgIpc) is 2.77. The Morgan fingerprint density at radius 3 is 2.75 bits per heavy atom. The van der Waals surface area contributed by atoms with Gasteiger partial charge in [-0.05, 0) is 32.9 Å². The van der Waals surface area contributed by atoms with Crippen molar-refractivity contribution in [2.24, 2.45) is 7.05 Å². The first-order valence-electron chi connectivity index (χ1n) is 6.67. The van der Waals surface area contributed by atoms with Crippen LogP contribution in [0.3, 0.4) is 0 Å². The smallest absolute Gasteiger partial charge is 0.0991 e. The van der Waals surface area contributed by atoms with Gasteiger partial charge in [0.2, 0.25) is 0 Å². The fourth-order valence-corrected chi connectivity index (χ4v) is 2.01. The zero-order valence-electron chi connectivity index (χ0n) is 12.4. The number of rotatable bonds is 3. The van der Waals surface area contributed by atoms with Gasteiger partial charge in [0.05, 0.1) is 17.3 Å². The lowest BCUT2D eigenvalue weighted by atomic mass is 10.0. The second-order valence-corrected chi connectivity index (χ2v) is 5.97. The van der Waals surface area contributed by atoms with Gasteiger partial charge in [-0.15, -0.1) is 0 Å². The quantitative estimate of drug-likeness (QED) is 0.931. The Bertz CT molecular complexity index is 641. The molecule has 0 fully saturated rings. The van der Waals surface area contributed by atoms with Gasteiger partial charge in [0.15, 0.2) is 0 Å². The second-order valence-electron chi connectivity index (χ2n) is 5.97. The molecule has 0 spiro atoms. The highest BCUT2D eigenvalue weighted by Gasteiger charge is 2.14. The van der Waals surface area contributed by atoms with Crippen molar-refractivity contribution in [2.75, 3.05) is 0 Å². The zero-order chi connectivity index (χ0) is 14.8. The van der Waals surface area contributed by atoms with Gasteiger partial charge < -0.3 is 5.32 Å². The van der Waals surface area contributed by atoms with Crippen LogP contribution in [0.5, 0.6) is 0 Å². The molecule has 1 N–H and O–H groups in total. The number of aromatic nitrogens is 2. The lowest BCUT2D eigenvalue weighted by molar-refractivity contribution is 0.424. The molecule has 20 heavy (non-hydrogen) atoms. The van der Waals surface area contributed by atoms with E-state index in [1.807, 2.05) is 36.1 Å². The number of hydrogen-bond donors (Lipinski definition) is 1. The summed E-state index contributed by atoms with van der Waals surface area (Å²) in [6.45, 7) is 7.17. The van der Waals surface area contributed by atoms with Crippen LogP contribution in [0.1, 0.15) is 31.9 Å². The third-order valence-electron chi connectivity index (χ3n) is 2.98. The van der Waals surface area contributed by atoms with Gasteiger partial charge in [0, 0.05) is 36.5 Å². The van der Waals surface area contributed by atoms with E-state index in [1.165, 1.54) is 0 Å². The molecule has 0 atom stereocenters. The maximum atomic E-state index is 9.01. The van der Waals surface area contributed by atoms with Crippen molar-refractivity contribution in [1.29, 1.82) is 5.26 Å². The molecular formula is C16H20N4. The lowest BCUT2D eigenvalue weighted by Gasteiger charge is -2.20. The van der Waals surface area contributed by atoms with Gasteiger partial charge in [0.25, 0.3) is 0 Å². The predicted octanol–water partition coefficient (Wildman–Crippen LogP) is 2.85. The molecule has 0 radical (unpaired) electrons. The molecule has 1 aromatic carbocycles. The van der Waals surface area contributed by atoms with E-state index in [2.05, 4.69) is 37.3 Å². The van der Waals surface area contributed by atoms with Crippen LogP contribution in [0.4, 0.5) is 0 Å². The summed E-state index contributed by atoms with van der Waals surface area (Å²) in [6, 6.07) is 9.73. The molecule has 0 saturated heterocycles. The summed E-state index contributed by atoms with van der Waals surface area (Å²) >= 11 is 0. The SMILES string of the molecule is Cn1cc(CNC(C)(C)C)c(-c2cccc(C#N)c2)n1. The highest BCUT2D eigenvalue weighted by molar-refractivity contribution is 5.64. The monoisotopic (exact) mass is 268 g/mol. The fraction of sp³-hybridized carbons (Fsp3) is 0.375. The van der Waals surface area contributed by atoms with E-state index in [0.717, 1.165) is 23.4 Å². The molecule has 1 aromatic heterocycles. The van der Waals surface area contributed by atoms with E-state index in [4.69, 9.17) is 5.26 Å². The molecule has 4 nitrogen and oxygen atoms in total. The third-order valence-corrected chi connectivity index (χ3v) is 2.98. The number of benzene rings is 1. The second kappa shape index (κ2) is 5.48. The molecule has 1 heterocycles. The van der Waals surface area contributed by atoms with Crippen LogP contribution in [0, 0.1) is 11.3 Å². The minimum Gasteiger partial charge on any atom is -0.308 e. The summed E-state index contributed by atoms with van der Waals surface area (Å²) in [5, 5.41) is 17.0. The Hall–Kier alpha value is -2.12. The van der Waals surface area contributed by atoms with E-state index >= 15 is 0 Å². The van der Waals surface area contributed by atoms with Gasteiger partial charge in [-0.2, -0.15) is 10.4 Å². The summed E-state index contributed by atoms with van der Waals surface area (Å²) in [5.74, 6) is 0. The highest BCUT2D eigenvalue weighted by atomic mass is 15.3. The molecule has 0 aliphatic carbocycles. The summed E-state index contributed by atoms with van der Waals surface area (Å²) in [6.07, 6.45) is 2.02. The molecule has 0 unspecified atom stereocenters. The predicted molar refractivity (Wildman–Crippen MR) is 80.0 cm³/mol. The van der Waals surface area contributed by atoms with Crippen molar-refractivity contribution in [1.82, 2.24) is 15.1 Å². The maximum Gasteiger partial charge on any atom is 0.0991 e. The molecule has 2 rings (SSSR count). The van der Waals surface area contributed by atoms with Crippen molar-refractivity contribution in [3.8, 4) is 17.3 Å². The van der Waals surface area contributed by atoms with Crippen LogP contribution in [-0.4, -0.2) is 15.3 Å². The summed E-state index contributed by atoms with van der Waals surface area (Å²) in [4.78, 5) is 0. The zero-order valence-corrected chi connectivity index (χ0v) is 12.4. The number of aryl methyl sites for hydroxylation is 1. The lowest BCUT2D eigenvalue weighted by Crippen LogP contribution is -2.35. The van der Waals surface area contributed by atoms with Crippen molar-refractivity contribution in [3.05, 3.63) is 41.6 Å². The van der Waals surface area contributed by atoms with Gasteiger partial charge >= 0.3 is 0 Å². The average molecular weight is 268 g/mol. The molecule has 2 aromatic rings. The molecule has 0 aliphatic heterocycles. The Morgan fingerprint density at radius 1 is 1.35 bits per heavy atom. The number of hydrogen-bond acceptors (Lipinski definition) is 3. The van der Waals surface area contributed by atoms with Crippen LogP contribution in [0.2, 0.25) is 0 Å². The van der Waals surface area contributed by atoms with E-state index in [-0.39, 0.29) is 5.54 Å². The van der Waals surface area contributed by atoms with Crippen molar-refractivity contribution in [3.63, 3.8) is 0 Å². The maximum absolute atomic E-state index is 9.01. The molecule has 0 amide bonds.